The third-order valence-electron chi connectivity index (χ3n) is 6.19. The fraction of sp³-hybridized carbons (Fsp3) is 0. The Bertz CT molecular complexity index is 1580. The molecule has 0 saturated carbocycles. The summed E-state index contributed by atoms with van der Waals surface area (Å²) < 4.78 is 0. The molecule has 0 aliphatic rings. The molecule has 0 fully saturated rings. The van der Waals surface area contributed by atoms with Crippen molar-refractivity contribution in [3.63, 3.8) is 0 Å². The molecule has 0 aliphatic heterocycles. The second-order valence-corrected chi connectivity index (χ2v) is 9.10. The molecule has 4 N–H and O–H groups in total. The second-order valence-electron chi connectivity index (χ2n) is 9.10. The van der Waals surface area contributed by atoms with Gasteiger partial charge < -0.3 is 20.4 Å². The zero-order chi connectivity index (χ0) is 29.3. The van der Waals surface area contributed by atoms with Crippen molar-refractivity contribution in [2.45, 2.75) is 0 Å². The monoisotopic (exact) mass is 554 g/mol. The lowest BCUT2D eigenvalue weighted by molar-refractivity contribution is 0.474. The molecule has 0 amide bonds. The molecule has 8 nitrogen and oxygen atoms in total. The van der Waals surface area contributed by atoms with Crippen LogP contribution in [0.15, 0.2) is 129 Å². The van der Waals surface area contributed by atoms with E-state index in [4.69, 9.17) is 0 Å². The van der Waals surface area contributed by atoms with E-state index in [0.29, 0.717) is 45.0 Å². The quantitative estimate of drug-likeness (QED) is 0.148. The molecule has 0 radical (unpaired) electrons. The highest BCUT2D eigenvalue weighted by Crippen LogP contribution is 2.41. The van der Waals surface area contributed by atoms with Crippen LogP contribution in [0.4, 0.5) is 22.7 Å². The zero-order valence-electron chi connectivity index (χ0n) is 22.3. The highest BCUT2D eigenvalue weighted by molar-refractivity contribution is 5.94. The lowest BCUT2D eigenvalue weighted by Gasteiger charge is -2.08. The summed E-state index contributed by atoms with van der Waals surface area (Å²) in [5.41, 5.74) is 3.68. The van der Waals surface area contributed by atoms with Gasteiger partial charge in [-0.15, -0.1) is 0 Å². The minimum Gasteiger partial charge on any atom is -0.507 e. The molecule has 8 heteroatoms. The summed E-state index contributed by atoms with van der Waals surface area (Å²) in [4.78, 5) is 18.4. The van der Waals surface area contributed by atoms with Gasteiger partial charge in [0.2, 0.25) is 0 Å². The van der Waals surface area contributed by atoms with E-state index >= 15 is 0 Å². The van der Waals surface area contributed by atoms with E-state index in [1.165, 1.54) is 24.9 Å². The Labute approximate surface area is 242 Å². The number of aromatic hydroxyl groups is 4. The summed E-state index contributed by atoms with van der Waals surface area (Å²) in [5, 5.41) is 41.0. The van der Waals surface area contributed by atoms with Crippen LogP contribution >= 0.6 is 0 Å². The highest BCUT2D eigenvalue weighted by atomic mass is 16.3. The maximum Gasteiger partial charge on any atom is 0.124 e. The van der Waals surface area contributed by atoms with Crippen LogP contribution in [-0.2, 0) is 0 Å². The molecular weight excluding hydrogens is 528 g/mol. The zero-order valence-corrected chi connectivity index (χ0v) is 22.3. The number of rotatable bonds is 8. The van der Waals surface area contributed by atoms with E-state index in [0.717, 1.165) is 0 Å². The molecule has 0 spiro atoms. The van der Waals surface area contributed by atoms with Gasteiger partial charge >= 0.3 is 0 Å². The van der Waals surface area contributed by atoms with Gasteiger partial charge in [-0.25, -0.2) is 0 Å². The van der Waals surface area contributed by atoms with E-state index in [1.54, 1.807) is 109 Å². The first-order valence-electron chi connectivity index (χ1n) is 12.9. The van der Waals surface area contributed by atoms with Gasteiger partial charge in [0.05, 0.1) is 22.7 Å². The SMILES string of the molecule is Oc1ccccc1C=Nc1cc(N=Cc2ccccc2O)c(N=Cc2ccccc2O)cc1N=Cc1ccccc1O. The number of hydrogen-bond donors (Lipinski definition) is 4. The van der Waals surface area contributed by atoms with Crippen LogP contribution in [0.2, 0.25) is 0 Å². The molecule has 0 heterocycles. The van der Waals surface area contributed by atoms with E-state index in [9.17, 15) is 20.4 Å². The topological polar surface area (TPSA) is 130 Å². The average molecular weight is 555 g/mol. The summed E-state index contributed by atoms with van der Waals surface area (Å²) in [7, 11) is 0. The van der Waals surface area contributed by atoms with Gasteiger partial charge in [-0.2, -0.15) is 0 Å². The molecule has 0 saturated heterocycles. The number of nitrogens with zero attached hydrogens (tertiary/aromatic N) is 4. The molecule has 5 aromatic carbocycles. The minimum absolute atomic E-state index is 0.0715. The standard InChI is InChI=1S/C34H26N4O4/c39-31-13-5-1-9-23(31)19-35-27-17-29(37-21-25-11-3-7-15-33(25)41)30(38-22-26-12-4-8-16-34(26)42)18-28(27)36-20-24-10-2-6-14-32(24)40/h1-22,39-42H. The van der Waals surface area contributed by atoms with Crippen molar-refractivity contribution in [2.24, 2.45) is 20.0 Å². The van der Waals surface area contributed by atoms with Crippen molar-refractivity contribution in [3.8, 4) is 23.0 Å². The molecule has 0 aliphatic carbocycles. The number of phenolic OH excluding ortho intramolecular Hbond substituents is 4. The lowest BCUT2D eigenvalue weighted by Crippen LogP contribution is -1.85. The fourth-order valence-corrected chi connectivity index (χ4v) is 3.91. The van der Waals surface area contributed by atoms with E-state index in [1.807, 2.05) is 0 Å². The Morgan fingerprint density at radius 1 is 0.333 bits per heavy atom. The van der Waals surface area contributed by atoms with E-state index in [2.05, 4.69) is 20.0 Å². The normalized spacial score (nSPS) is 11.8. The molecule has 5 aromatic rings. The number of benzene rings is 5. The Hall–Kier alpha value is -6.02. The van der Waals surface area contributed by atoms with Gasteiger partial charge in [0.15, 0.2) is 0 Å². The van der Waals surface area contributed by atoms with Crippen LogP contribution in [0.1, 0.15) is 22.3 Å². The number of phenols is 4. The minimum atomic E-state index is 0.0715. The predicted molar refractivity (Wildman–Crippen MR) is 168 cm³/mol. The van der Waals surface area contributed by atoms with Crippen molar-refractivity contribution in [1.29, 1.82) is 0 Å². The molecule has 0 unspecified atom stereocenters. The summed E-state index contributed by atoms with van der Waals surface area (Å²) in [5.74, 6) is 0.286. The van der Waals surface area contributed by atoms with Crippen molar-refractivity contribution in [2.75, 3.05) is 0 Å². The smallest absolute Gasteiger partial charge is 0.124 e. The third kappa shape index (κ3) is 6.75. The van der Waals surface area contributed by atoms with Crippen LogP contribution in [0.25, 0.3) is 0 Å². The Balaban J connectivity index is 1.66. The third-order valence-corrected chi connectivity index (χ3v) is 6.19. The molecule has 5 rings (SSSR count). The number of para-hydroxylation sites is 4. The van der Waals surface area contributed by atoms with Gasteiger partial charge in [0.1, 0.15) is 23.0 Å². The summed E-state index contributed by atoms with van der Waals surface area (Å²) in [6, 6.07) is 30.6. The predicted octanol–water partition coefficient (Wildman–Crippen LogP) is 7.51. The molecule has 0 atom stereocenters. The number of hydrogen-bond acceptors (Lipinski definition) is 8. The average Bonchev–Trinajstić information content (AvgIpc) is 3.00. The first-order valence-corrected chi connectivity index (χ1v) is 12.9. The maximum atomic E-state index is 10.2. The number of aliphatic imine (C=N–C) groups is 4. The maximum absolute atomic E-state index is 10.2. The molecule has 42 heavy (non-hydrogen) atoms. The van der Waals surface area contributed by atoms with Gasteiger partial charge in [-0.05, 0) is 60.7 Å². The van der Waals surface area contributed by atoms with Crippen LogP contribution in [0.5, 0.6) is 23.0 Å². The molecule has 206 valence electrons. The van der Waals surface area contributed by atoms with E-state index < -0.39 is 0 Å². The van der Waals surface area contributed by atoms with Crippen LogP contribution in [-0.4, -0.2) is 45.3 Å². The van der Waals surface area contributed by atoms with Crippen molar-refractivity contribution >= 4 is 47.6 Å². The second kappa shape index (κ2) is 12.9. The molecular formula is C34H26N4O4. The fourth-order valence-electron chi connectivity index (χ4n) is 3.91. The largest absolute Gasteiger partial charge is 0.507 e. The Morgan fingerprint density at radius 2 is 0.548 bits per heavy atom. The van der Waals surface area contributed by atoms with E-state index in [-0.39, 0.29) is 23.0 Å². The first-order chi connectivity index (χ1) is 20.5. The molecule has 0 aromatic heterocycles. The summed E-state index contributed by atoms with van der Waals surface area (Å²) in [6.07, 6.45) is 6.08. The van der Waals surface area contributed by atoms with Crippen LogP contribution < -0.4 is 0 Å². The Kier molecular flexibility index (Phi) is 8.45. The van der Waals surface area contributed by atoms with Gasteiger partial charge in [0, 0.05) is 47.1 Å². The summed E-state index contributed by atoms with van der Waals surface area (Å²) >= 11 is 0. The Morgan fingerprint density at radius 3 is 0.762 bits per heavy atom. The van der Waals surface area contributed by atoms with Crippen molar-refractivity contribution in [1.82, 2.24) is 0 Å². The molecule has 0 bridgehead atoms. The highest BCUT2D eigenvalue weighted by Gasteiger charge is 2.10. The van der Waals surface area contributed by atoms with Crippen LogP contribution in [0, 0.1) is 0 Å². The van der Waals surface area contributed by atoms with Gasteiger partial charge in [-0.3, -0.25) is 20.0 Å². The summed E-state index contributed by atoms with van der Waals surface area (Å²) in [6.45, 7) is 0. The lowest BCUT2D eigenvalue weighted by atomic mass is 10.1. The first kappa shape index (κ1) is 27.5. The van der Waals surface area contributed by atoms with Crippen LogP contribution in [0.3, 0.4) is 0 Å². The van der Waals surface area contributed by atoms with Crippen molar-refractivity contribution in [3.05, 3.63) is 131 Å². The van der Waals surface area contributed by atoms with Gasteiger partial charge in [-0.1, -0.05) is 48.5 Å². The van der Waals surface area contributed by atoms with Crippen molar-refractivity contribution < 1.29 is 20.4 Å². The van der Waals surface area contributed by atoms with Gasteiger partial charge in [0.25, 0.3) is 0 Å².